The average Bonchev–Trinajstić information content (AvgIpc) is 2.52. The second-order valence-corrected chi connectivity index (χ2v) is 6.18. The molecule has 132 valence electrons. The third kappa shape index (κ3) is 9.56. The summed E-state index contributed by atoms with van der Waals surface area (Å²) in [5, 5.41) is 8.52. The number of aliphatic hydroxyl groups is 1. The van der Waals surface area contributed by atoms with E-state index in [9.17, 15) is 0 Å². The van der Waals surface area contributed by atoms with Crippen molar-refractivity contribution in [3.63, 3.8) is 0 Å². The molecule has 1 aromatic carbocycles. The van der Waals surface area contributed by atoms with Crippen LogP contribution < -0.4 is 4.74 Å². The molecule has 0 unspecified atom stereocenters. The predicted octanol–water partition coefficient (Wildman–Crippen LogP) is 2.41. The number of aliphatic hydroxyl groups excluding tert-OH is 1. The maximum atomic E-state index is 8.52. The number of rotatable bonds is 12. The van der Waals surface area contributed by atoms with Crippen molar-refractivity contribution in [1.29, 1.82) is 0 Å². The zero-order chi connectivity index (χ0) is 17.0. The second kappa shape index (κ2) is 11.4. The van der Waals surface area contributed by atoms with Gasteiger partial charge in [0.05, 0.1) is 46.2 Å². The number of ether oxygens (including phenoxy) is 4. The standard InChI is InChI=1S/C18H30O5/c1-18(2,3)16-4-6-17(7-5-16)23-15-14-22-13-12-21-11-10-20-9-8-19/h4-7,19H,8-15H2,1-3H3. The molecule has 0 atom stereocenters. The van der Waals surface area contributed by atoms with Gasteiger partial charge >= 0.3 is 0 Å². The van der Waals surface area contributed by atoms with E-state index in [4.69, 9.17) is 24.1 Å². The van der Waals surface area contributed by atoms with Crippen molar-refractivity contribution < 1.29 is 24.1 Å². The molecule has 1 aromatic rings. The first-order valence-corrected chi connectivity index (χ1v) is 8.11. The highest BCUT2D eigenvalue weighted by Crippen LogP contribution is 2.24. The lowest BCUT2D eigenvalue weighted by atomic mass is 9.87. The minimum Gasteiger partial charge on any atom is -0.491 e. The molecule has 5 heteroatoms. The van der Waals surface area contributed by atoms with E-state index in [1.54, 1.807) is 0 Å². The first kappa shape index (κ1) is 19.9. The maximum Gasteiger partial charge on any atom is 0.119 e. The fraction of sp³-hybridized carbons (Fsp3) is 0.667. The van der Waals surface area contributed by atoms with Crippen LogP contribution >= 0.6 is 0 Å². The molecule has 23 heavy (non-hydrogen) atoms. The Morgan fingerprint density at radius 1 is 0.739 bits per heavy atom. The summed E-state index contributed by atoms with van der Waals surface area (Å²) in [6, 6.07) is 8.19. The van der Waals surface area contributed by atoms with E-state index in [0.29, 0.717) is 46.2 Å². The fourth-order valence-corrected chi connectivity index (χ4v) is 1.88. The Labute approximate surface area is 139 Å². The minimum absolute atomic E-state index is 0.0437. The van der Waals surface area contributed by atoms with Gasteiger partial charge in [0, 0.05) is 0 Å². The summed E-state index contributed by atoms with van der Waals surface area (Å²) in [6.45, 7) is 10.1. The predicted molar refractivity (Wildman–Crippen MR) is 90.2 cm³/mol. The molecule has 0 aliphatic carbocycles. The molecule has 0 amide bonds. The summed E-state index contributed by atoms with van der Waals surface area (Å²) in [5.41, 5.74) is 1.45. The van der Waals surface area contributed by atoms with Crippen LogP contribution in [-0.2, 0) is 19.6 Å². The van der Waals surface area contributed by atoms with Gasteiger partial charge in [0.2, 0.25) is 0 Å². The lowest BCUT2D eigenvalue weighted by Gasteiger charge is -2.19. The molecule has 0 spiro atoms. The molecule has 0 radical (unpaired) electrons. The van der Waals surface area contributed by atoms with Gasteiger partial charge in [0.25, 0.3) is 0 Å². The van der Waals surface area contributed by atoms with Crippen molar-refractivity contribution >= 4 is 0 Å². The molecular weight excluding hydrogens is 296 g/mol. The highest BCUT2D eigenvalue weighted by Gasteiger charge is 2.12. The Kier molecular flexibility index (Phi) is 9.87. The number of hydrogen-bond donors (Lipinski definition) is 1. The number of benzene rings is 1. The van der Waals surface area contributed by atoms with E-state index in [1.807, 2.05) is 12.1 Å². The van der Waals surface area contributed by atoms with Gasteiger partial charge in [0.15, 0.2) is 0 Å². The van der Waals surface area contributed by atoms with Gasteiger partial charge in [-0.25, -0.2) is 0 Å². The van der Waals surface area contributed by atoms with Crippen LogP contribution in [0.15, 0.2) is 24.3 Å². The highest BCUT2D eigenvalue weighted by atomic mass is 16.6. The Hall–Kier alpha value is -1.14. The Bertz CT molecular complexity index is 397. The van der Waals surface area contributed by atoms with Crippen LogP contribution in [0.25, 0.3) is 0 Å². The topological polar surface area (TPSA) is 57.2 Å². The Morgan fingerprint density at radius 3 is 1.70 bits per heavy atom. The third-order valence-corrected chi connectivity index (χ3v) is 3.20. The van der Waals surface area contributed by atoms with Gasteiger partial charge in [0.1, 0.15) is 12.4 Å². The summed E-state index contributed by atoms with van der Waals surface area (Å²) in [5.74, 6) is 0.860. The first-order valence-electron chi connectivity index (χ1n) is 8.11. The summed E-state index contributed by atoms with van der Waals surface area (Å²) >= 11 is 0. The normalized spacial score (nSPS) is 11.7. The molecule has 0 aliphatic heterocycles. The Morgan fingerprint density at radius 2 is 1.22 bits per heavy atom. The van der Waals surface area contributed by atoms with Crippen molar-refractivity contribution in [1.82, 2.24) is 0 Å². The quantitative estimate of drug-likeness (QED) is 0.598. The van der Waals surface area contributed by atoms with Crippen LogP contribution in [0.4, 0.5) is 0 Å². The van der Waals surface area contributed by atoms with Crippen molar-refractivity contribution in [2.24, 2.45) is 0 Å². The molecular formula is C18H30O5. The van der Waals surface area contributed by atoms with Crippen LogP contribution in [0.2, 0.25) is 0 Å². The average molecular weight is 326 g/mol. The molecule has 0 saturated heterocycles. The fourth-order valence-electron chi connectivity index (χ4n) is 1.88. The maximum absolute atomic E-state index is 8.52. The van der Waals surface area contributed by atoms with Crippen LogP contribution in [0.1, 0.15) is 26.3 Å². The van der Waals surface area contributed by atoms with Crippen molar-refractivity contribution in [3.8, 4) is 5.75 Å². The van der Waals surface area contributed by atoms with E-state index in [0.717, 1.165) is 5.75 Å². The third-order valence-electron chi connectivity index (χ3n) is 3.20. The van der Waals surface area contributed by atoms with Crippen molar-refractivity contribution in [2.75, 3.05) is 52.9 Å². The summed E-state index contributed by atoms with van der Waals surface area (Å²) in [4.78, 5) is 0. The Balaban J connectivity index is 1.99. The zero-order valence-electron chi connectivity index (χ0n) is 14.5. The van der Waals surface area contributed by atoms with Gasteiger partial charge < -0.3 is 24.1 Å². The monoisotopic (exact) mass is 326 g/mol. The van der Waals surface area contributed by atoms with Crippen molar-refractivity contribution in [3.05, 3.63) is 29.8 Å². The van der Waals surface area contributed by atoms with E-state index in [2.05, 4.69) is 32.9 Å². The van der Waals surface area contributed by atoms with Crippen LogP contribution in [0, 0.1) is 0 Å². The molecule has 0 fully saturated rings. The van der Waals surface area contributed by atoms with Gasteiger partial charge in [-0.1, -0.05) is 32.9 Å². The van der Waals surface area contributed by atoms with E-state index < -0.39 is 0 Å². The molecule has 0 bridgehead atoms. The molecule has 5 nitrogen and oxygen atoms in total. The molecule has 0 aromatic heterocycles. The smallest absolute Gasteiger partial charge is 0.119 e. The first-order chi connectivity index (χ1) is 11.0. The molecule has 1 rings (SSSR count). The van der Waals surface area contributed by atoms with Crippen LogP contribution in [0.5, 0.6) is 5.75 Å². The zero-order valence-corrected chi connectivity index (χ0v) is 14.5. The van der Waals surface area contributed by atoms with Gasteiger partial charge in [-0.2, -0.15) is 0 Å². The lowest BCUT2D eigenvalue weighted by molar-refractivity contribution is 0.00361. The van der Waals surface area contributed by atoms with E-state index in [-0.39, 0.29) is 12.0 Å². The van der Waals surface area contributed by atoms with Gasteiger partial charge in [-0.15, -0.1) is 0 Å². The molecule has 0 heterocycles. The lowest BCUT2D eigenvalue weighted by Crippen LogP contribution is -2.13. The van der Waals surface area contributed by atoms with Gasteiger partial charge in [-0.05, 0) is 23.1 Å². The SMILES string of the molecule is CC(C)(C)c1ccc(OCCOCCOCCOCCO)cc1. The molecule has 0 saturated carbocycles. The second-order valence-electron chi connectivity index (χ2n) is 6.18. The molecule has 1 N–H and O–H groups in total. The van der Waals surface area contributed by atoms with Crippen molar-refractivity contribution in [2.45, 2.75) is 26.2 Å². The van der Waals surface area contributed by atoms with Gasteiger partial charge in [-0.3, -0.25) is 0 Å². The summed E-state index contributed by atoms with van der Waals surface area (Å²) in [6.07, 6.45) is 0. The number of hydrogen-bond acceptors (Lipinski definition) is 5. The van der Waals surface area contributed by atoms with E-state index >= 15 is 0 Å². The summed E-state index contributed by atoms with van der Waals surface area (Å²) < 4.78 is 21.5. The van der Waals surface area contributed by atoms with Crippen LogP contribution in [0.3, 0.4) is 0 Å². The largest absolute Gasteiger partial charge is 0.491 e. The minimum atomic E-state index is 0.0437. The van der Waals surface area contributed by atoms with E-state index in [1.165, 1.54) is 5.56 Å². The molecule has 0 aliphatic rings. The highest BCUT2D eigenvalue weighted by molar-refractivity contribution is 5.31. The summed E-state index contributed by atoms with van der Waals surface area (Å²) in [7, 11) is 0. The van der Waals surface area contributed by atoms with Crippen LogP contribution in [-0.4, -0.2) is 58.0 Å².